The number of para-hydroxylation sites is 1. The van der Waals surface area contributed by atoms with E-state index < -0.39 is 5.92 Å². The predicted molar refractivity (Wildman–Crippen MR) is 118 cm³/mol. The second-order valence-electron chi connectivity index (χ2n) is 7.08. The molecule has 2 aromatic carbocycles. The van der Waals surface area contributed by atoms with E-state index in [1.807, 2.05) is 36.4 Å². The first-order valence-electron chi connectivity index (χ1n) is 9.77. The van der Waals surface area contributed by atoms with Gasteiger partial charge in [-0.15, -0.1) is 10.2 Å². The fourth-order valence-electron chi connectivity index (χ4n) is 3.49. The molecule has 2 amide bonds. The lowest BCUT2D eigenvalue weighted by atomic mass is 10.1. The summed E-state index contributed by atoms with van der Waals surface area (Å²) in [5.41, 5.74) is 1.74. The highest BCUT2D eigenvalue weighted by Gasteiger charge is 2.35. The van der Waals surface area contributed by atoms with Gasteiger partial charge in [0.2, 0.25) is 16.9 Å². The van der Waals surface area contributed by atoms with Crippen molar-refractivity contribution in [2.24, 2.45) is 5.92 Å². The van der Waals surface area contributed by atoms with Crippen molar-refractivity contribution < 1.29 is 19.1 Å². The molecule has 1 atom stereocenters. The van der Waals surface area contributed by atoms with Crippen molar-refractivity contribution in [1.29, 1.82) is 0 Å². The van der Waals surface area contributed by atoms with Crippen molar-refractivity contribution in [3.63, 3.8) is 0 Å². The summed E-state index contributed by atoms with van der Waals surface area (Å²) in [5.74, 6) is 0.733. The number of hydrogen-bond acceptors (Lipinski definition) is 7. The summed E-state index contributed by atoms with van der Waals surface area (Å²) < 4.78 is 10.5. The summed E-state index contributed by atoms with van der Waals surface area (Å²) in [7, 11) is 3.22. The molecule has 0 aliphatic carbocycles. The van der Waals surface area contributed by atoms with Gasteiger partial charge in [0, 0.05) is 30.6 Å². The molecule has 4 rings (SSSR count). The van der Waals surface area contributed by atoms with Gasteiger partial charge in [0.15, 0.2) is 0 Å². The van der Waals surface area contributed by atoms with Gasteiger partial charge in [-0.2, -0.15) is 0 Å². The van der Waals surface area contributed by atoms with Crippen molar-refractivity contribution >= 4 is 34.0 Å². The number of carbonyl (C=O) groups excluding carboxylic acids is 2. The van der Waals surface area contributed by atoms with Crippen molar-refractivity contribution in [1.82, 2.24) is 10.2 Å². The quantitative estimate of drug-likeness (QED) is 0.609. The molecule has 0 radical (unpaired) electrons. The zero-order valence-corrected chi connectivity index (χ0v) is 18.0. The molecule has 1 aliphatic heterocycles. The average molecular weight is 439 g/mol. The van der Waals surface area contributed by atoms with Crippen LogP contribution in [0, 0.1) is 5.92 Å². The van der Waals surface area contributed by atoms with Crippen LogP contribution in [-0.4, -0.2) is 42.8 Å². The SMILES string of the molecule is COc1ccc(N2CC(C(=O)Nc3nnc(Cc4ccccc4OC)s3)CC2=O)cc1. The van der Waals surface area contributed by atoms with E-state index in [1.165, 1.54) is 11.3 Å². The number of methoxy groups -OCH3 is 2. The molecular weight excluding hydrogens is 416 g/mol. The summed E-state index contributed by atoms with van der Waals surface area (Å²) in [4.78, 5) is 26.8. The molecule has 8 nitrogen and oxygen atoms in total. The molecule has 0 saturated carbocycles. The van der Waals surface area contributed by atoms with Crippen LogP contribution in [0.15, 0.2) is 48.5 Å². The Bertz CT molecular complexity index is 1080. The topological polar surface area (TPSA) is 93.7 Å². The normalized spacial score (nSPS) is 15.7. The van der Waals surface area contributed by atoms with Crippen molar-refractivity contribution in [2.45, 2.75) is 12.8 Å². The Morgan fingerprint density at radius 1 is 1.13 bits per heavy atom. The van der Waals surface area contributed by atoms with E-state index in [9.17, 15) is 9.59 Å². The molecule has 2 heterocycles. The number of ether oxygens (including phenoxy) is 2. The maximum absolute atomic E-state index is 12.7. The maximum atomic E-state index is 12.7. The first-order valence-corrected chi connectivity index (χ1v) is 10.6. The zero-order chi connectivity index (χ0) is 21.8. The van der Waals surface area contributed by atoms with E-state index in [1.54, 1.807) is 31.3 Å². The molecule has 0 spiro atoms. The Labute approximate surface area is 183 Å². The Hall–Kier alpha value is -3.46. The summed E-state index contributed by atoms with van der Waals surface area (Å²) in [6.07, 6.45) is 0.718. The highest BCUT2D eigenvalue weighted by molar-refractivity contribution is 7.15. The van der Waals surface area contributed by atoms with E-state index in [2.05, 4.69) is 15.5 Å². The number of nitrogens with one attached hydrogen (secondary N) is 1. The van der Waals surface area contributed by atoms with Gasteiger partial charge in [0.25, 0.3) is 0 Å². The molecule has 1 aliphatic rings. The van der Waals surface area contributed by atoms with E-state index >= 15 is 0 Å². The Balaban J connectivity index is 1.38. The third-order valence-electron chi connectivity index (χ3n) is 5.11. The minimum Gasteiger partial charge on any atom is -0.497 e. The molecule has 0 bridgehead atoms. The lowest BCUT2D eigenvalue weighted by molar-refractivity contribution is -0.122. The minimum atomic E-state index is -0.448. The number of carbonyl (C=O) groups is 2. The van der Waals surface area contributed by atoms with Crippen LogP contribution >= 0.6 is 11.3 Å². The number of amides is 2. The molecule has 1 saturated heterocycles. The highest BCUT2D eigenvalue weighted by Crippen LogP contribution is 2.29. The Morgan fingerprint density at radius 2 is 1.90 bits per heavy atom. The molecule has 9 heteroatoms. The largest absolute Gasteiger partial charge is 0.497 e. The van der Waals surface area contributed by atoms with Gasteiger partial charge in [-0.1, -0.05) is 29.5 Å². The number of anilines is 2. The van der Waals surface area contributed by atoms with Crippen molar-refractivity contribution in [3.8, 4) is 11.5 Å². The fraction of sp³-hybridized carbons (Fsp3) is 0.273. The first kappa shape index (κ1) is 20.8. The standard InChI is InChI=1S/C22H22N4O4S/c1-29-17-9-7-16(8-10-17)26-13-15(12-20(26)27)21(28)23-22-25-24-19(31-22)11-14-5-3-4-6-18(14)30-2/h3-10,15H,11-13H2,1-2H3,(H,23,25,28). The van der Waals surface area contributed by atoms with Gasteiger partial charge < -0.3 is 19.7 Å². The molecule has 1 N–H and O–H groups in total. The van der Waals surface area contributed by atoms with Crippen LogP contribution in [0.2, 0.25) is 0 Å². The molecule has 1 unspecified atom stereocenters. The van der Waals surface area contributed by atoms with Crippen LogP contribution in [-0.2, 0) is 16.0 Å². The second-order valence-corrected chi connectivity index (χ2v) is 8.14. The summed E-state index contributed by atoms with van der Waals surface area (Å²) in [5, 5.41) is 12.2. The van der Waals surface area contributed by atoms with Gasteiger partial charge in [-0.3, -0.25) is 9.59 Å². The maximum Gasteiger partial charge on any atom is 0.231 e. The molecular formula is C22H22N4O4S. The van der Waals surface area contributed by atoms with E-state index in [4.69, 9.17) is 9.47 Å². The number of aromatic nitrogens is 2. The van der Waals surface area contributed by atoms with E-state index in [-0.39, 0.29) is 18.2 Å². The summed E-state index contributed by atoms with van der Waals surface area (Å²) >= 11 is 1.31. The monoisotopic (exact) mass is 438 g/mol. The zero-order valence-electron chi connectivity index (χ0n) is 17.2. The molecule has 160 valence electrons. The van der Waals surface area contributed by atoms with Gasteiger partial charge in [-0.05, 0) is 30.3 Å². The predicted octanol–water partition coefficient (Wildman–Crippen LogP) is 3.14. The Kier molecular flexibility index (Phi) is 6.13. The number of nitrogens with zero attached hydrogens (tertiary/aromatic N) is 3. The smallest absolute Gasteiger partial charge is 0.231 e. The minimum absolute atomic E-state index is 0.0838. The van der Waals surface area contributed by atoms with Crippen LogP contribution in [0.1, 0.15) is 17.0 Å². The average Bonchev–Trinajstić information content (AvgIpc) is 3.40. The van der Waals surface area contributed by atoms with E-state index in [0.717, 1.165) is 22.0 Å². The van der Waals surface area contributed by atoms with Crippen molar-refractivity contribution in [3.05, 3.63) is 59.1 Å². The van der Waals surface area contributed by atoms with Crippen LogP contribution in [0.25, 0.3) is 0 Å². The molecule has 1 aromatic heterocycles. The van der Waals surface area contributed by atoms with Gasteiger partial charge >= 0.3 is 0 Å². The first-order chi connectivity index (χ1) is 15.1. The Morgan fingerprint density at radius 3 is 2.65 bits per heavy atom. The summed E-state index contributed by atoms with van der Waals surface area (Å²) in [6.45, 7) is 0.323. The highest BCUT2D eigenvalue weighted by atomic mass is 32.1. The van der Waals surface area contributed by atoms with Gasteiger partial charge in [0.1, 0.15) is 16.5 Å². The lowest BCUT2D eigenvalue weighted by Gasteiger charge is -2.16. The lowest BCUT2D eigenvalue weighted by Crippen LogP contribution is -2.28. The molecule has 3 aromatic rings. The van der Waals surface area contributed by atoms with Crippen LogP contribution in [0.4, 0.5) is 10.8 Å². The second kappa shape index (κ2) is 9.13. The van der Waals surface area contributed by atoms with Gasteiger partial charge in [0.05, 0.1) is 20.1 Å². The number of benzene rings is 2. The van der Waals surface area contributed by atoms with Crippen LogP contribution in [0.5, 0.6) is 11.5 Å². The van der Waals surface area contributed by atoms with E-state index in [0.29, 0.717) is 23.8 Å². The molecule has 31 heavy (non-hydrogen) atoms. The third kappa shape index (κ3) is 4.66. The number of rotatable bonds is 7. The van der Waals surface area contributed by atoms with Gasteiger partial charge in [-0.25, -0.2) is 0 Å². The number of hydrogen-bond donors (Lipinski definition) is 1. The fourth-order valence-corrected chi connectivity index (χ4v) is 4.26. The molecule has 1 fully saturated rings. The third-order valence-corrected chi connectivity index (χ3v) is 5.95. The van der Waals surface area contributed by atoms with Crippen LogP contribution < -0.4 is 19.7 Å². The van der Waals surface area contributed by atoms with Crippen molar-refractivity contribution in [2.75, 3.05) is 31.0 Å². The van der Waals surface area contributed by atoms with Crippen LogP contribution in [0.3, 0.4) is 0 Å². The summed E-state index contributed by atoms with van der Waals surface area (Å²) in [6, 6.07) is 14.9.